The Bertz CT molecular complexity index is 476. The molecule has 0 saturated carbocycles. The number of nitrogens with zero attached hydrogens (tertiary/aromatic N) is 2. The van der Waals surface area contributed by atoms with Gasteiger partial charge in [-0.15, -0.1) is 0 Å². The Labute approximate surface area is 111 Å². The van der Waals surface area contributed by atoms with Crippen LogP contribution >= 0.6 is 0 Å². The highest BCUT2D eigenvalue weighted by Crippen LogP contribution is 2.28. The molecule has 0 aromatic heterocycles. The van der Waals surface area contributed by atoms with Crippen molar-refractivity contribution in [3.63, 3.8) is 0 Å². The van der Waals surface area contributed by atoms with Crippen LogP contribution in [0.5, 0.6) is 0 Å². The molecule has 0 saturated heterocycles. The van der Waals surface area contributed by atoms with Crippen molar-refractivity contribution < 1.29 is 14.8 Å². The van der Waals surface area contributed by atoms with Gasteiger partial charge in [0.1, 0.15) is 5.69 Å². The zero-order valence-electron chi connectivity index (χ0n) is 10.9. The minimum absolute atomic E-state index is 0.0778. The summed E-state index contributed by atoms with van der Waals surface area (Å²) in [5.74, 6) is -0.124. The SMILES string of the molecule is CNC(=O)CCN(C)c1ccc(CO)cc1[N+](=O)[O-]. The van der Waals surface area contributed by atoms with Gasteiger partial charge in [-0.3, -0.25) is 14.9 Å². The number of hydrogen-bond acceptors (Lipinski definition) is 5. The van der Waals surface area contributed by atoms with E-state index in [1.807, 2.05) is 0 Å². The van der Waals surface area contributed by atoms with Gasteiger partial charge in [0.05, 0.1) is 11.5 Å². The van der Waals surface area contributed by atoms with E-state index in [1.165, 1.54) is 6.07 Å². The maximum atomic E-state index is 11.2. The van der Waals surface area contributed by atoms with Crippen molar-refractivity contribution >= 4 is 17.3 Å². The van der Waals surface area contributed by atoms with Gasteiger partial charge in [-0.2, -0.15) is 0 Å². The van der Waals surface area contributed by atoms with E-state index >= 15 is 0 Å². The molecule has 2 N–H and O–H groups in total. The van der Waals surface area contributed by atoms with Gasteiger partial charge < -0.3 is 15.3 Å². The van der Waals surface area contributed by atoms with Crippen LogP contribution in [0.2, 0.25) is 0 Å². The molecule has 7 nitrogen and oxygen atoms in total. The lowest BCUT2D eigenvalue weighted by atomic mass is 10.1. The molecular formula is C12H17N3O4. The molecule has 0 bridgehead atoms. The van der Waals surface area contributed by atoms with Gasteiger partial charge in [0.15, 0.2) is 0 Å². The zero-order valence-corrected chi connectivity index (χ0v) is 10.9. The first kappa shape index (κ1) is 14.9. The number of aliphatic hydroxyl groups excluding tert-OH is 1. The van der Waals surface area contributed by atoms with Gasteiger partial charge in [-0.1, -0.05) is 6.07 Å². The van der Waals surface area contributed by atoms with Gasteiger partial charge in [-0.05, 0) is 11.6 Å². The van der Waals surface area contributed by atoms with Crippen molar-refractivity contribution in [1.82, 2.24) is 5.32 Å². The van der Waals surface area contributed by atoms with Crippen molar-refractivity contribution in [3.8, 4) is 0 Å². The number of carbonyl (C=O) groups excluding carboxylic acids is 1. The largest absolute Gasteiger partial charge is 0.392 e. The number of rotatable bonds is 6. The van der Waals surface area contributed by atoms with Crippen LogP contribution in [0, 0.1) is 10.1 Å². The van der Waals surface area contributed by atoms with E-state index in [0.29, 0.717) is 17.8 Å². The highest BCUT2D eigenvalue weighted by atomic mass is 16.6. The molecule has 1 aromatic carbocycles. The molecule has 104 valence electrons. The summed E-state index contributed by atoms with van der Waals surface area (Å²) < 4.78 is 0. The van der Waals surface area contributed by atoms with Crippen LogP contribution in [0.4, 0.5) is 11.4 Å². The Kier molecular flexibility index (Phi) is 5.25. The molecule has 0 fully saturated rings. The van der Waals surface area contributed by atoms with Gasteiger partial charge in [-0.25, -0.2) is 0 Å². The number of nitrogens with one attached hydrogen (secondary N) is 1. The predicted octanol–water partition coefficient (Wildman–Crippen LogP) is 0.659. The number of aliphatic hydroxyl groups is 1. The van der Waals surface area contributed by atoms with Crippen molar-refractivity contribution in [2.75, 3.05) is 25.5 Å². The Hall–Kier alpha value is -2.15. The lowest BCUT2D eigenvalue weighted by Crippen LogP contribution is -2.26. The average molecular weight is 267 g/mol. The minimum Gasteiger partial charge on any atom is -0.392 e. The molecule has 1 amide bonds. The van der Waals surface area contributed by atoms with Crippen LogP contribution in [-0.2, 0) is 11.4 Å². The van der Waals surface area contributed by atoms with E-state index < -0.39 is 4.92 Å². The second-order valence-electron chi connectivity index (χ2n) is 4.08. The summed E-state index contributed by atoms with van der Waals surface area (Å²) in [6.07, 6.45) is 0.256. The molecule has 0 atom stereocenters. The molecule has 7 heteroatoms. The summed E-state index contributed by atoms with van der Waals surface area (Å²) in [7, 11) is 3.23. The average Bonchev–Trinajstić information content (AvgIpc) is 2.43. The summed E-state index contributed by atoms with van der Waals surface area (Å²) in [5, 5.41) is 22.5. The maximum Gasteiger partial charge on any atom is 0.292 e. The van der Waals surface area contributed by atoms with Gasteiger partial charge in [0.2, 0.25) is 5.91 Å². The van der Waals surface area contributed by atoms with E-state index in [2.05, 4.69) is 5.32 Å². The lowest BCUT2D eigenvalue weighted by molar-refractivity contribution is -0.384. The van der Waals surface area contributed by atoms with Crippen LogP contribution in [-0.4, -0.2) is 36.6 Å². The third kappa shape index (κ3) is 3.92. The third-order valence-corrected chi connectivity index (χ3v) is 2.78. The number of benzene rings is 1. The van der Waals surface area contributed by atoms with Crippen LogP contribution in [0.1, 0.15) is 12.0 Å². The predicted molar refractivity (Wildman–Crippen MR) is 71.0 cm³/mol. The Balaban J connectivity index is 2.92. The second kappa shape index (κ2) is 6.69. The highest BCUT2D eigenvalue weighted by molar-refractivity contribution is 5.76. The van der Waals surface area contributed by atoms with E-state index in [9.17, 15) is 14.9 Å². The van der Waals surface area contributed by atoms with Crippen molar-refractivity contribution in [2.24, 2.45) is 0 Å². The van der Waals surface area contributed by atoms with Gasteiger partial charge in [0.25, 0.3) is 5.69 Å². The van der Waals surface area contributed by atoms with E-state index in [4.69, 9.17) is 5.11 Å². The van der Waals surface area contributed by atoms with Crippen molar-refractivity contribution in [1.29, 1.82) is 0 Å². The van der Waals surface area contributed by atoms with Crippen LogP contribution in [0.15, 0.2) is 18.2 Å². The van der Waals surface area contributed by atoms with Crippen LogP contribution in [0.25, 0.3) is 0 Å². The van der Waals surface area contributed by atoms with Crippen molar-refractivity contribution in [2.45, 2.75) is 13.0 Å². The molecule has 0 aliphatic heterocycles. The smallest absolute Gasteiger partial charge is 0.292 e. The van der Waals surface area contributed by atoms with E-state index in [1.54, 1.807) is 31.1 Å². The molecule has 0 heterocycles. The summed E-state index contributed by atoms with van der Waals surface area (Å²) in [4.78, 5) is 23.3. The molecule has 0 aliphatic carbocycles. The lowest BCUT2D eigenvalue weighted by Gasteiger charge is -2.19. The number of anilines is 1. The molecule has 0 unspecified atom stereocenters. The highest BCUT2D eigenvalue weighted by Gasteiger charge is 2.18. The fourth-order valence-electron chi connectivity index (χ4n) is 1.65. The number of hydrogen-bond donors (Lipinski definition) is 2. The standard InChI is InChI=1S/C12H17N3O4/c1-13-12(17)5-6-14(2)10-4-3-9(8-16)7-11(10)15(18)19/h3-4,7,16H,5-6,8H2,1-2H3,(H,13,17). The molecule has 19 heavy (non-hydrogen) atoms. The molecule has 0 spiro atoms. The summed E-state index contributed by atoms with van der Waals surface area (Å²) in [6, 6.07) is 4.54. The van der Waals surface area contributed by atoms with Gasteiger partial charge >= 0.3 is 0 Å². The van der Waals surface area contributed by atoms with Crippen LogP contribution in [0.3, 0.4) is 0 Å². The minimum atomic E-state index is -0.495. The quantitative estimate of drug-likeness (QED) is 0.583. The Morgan fingerprint density at radius 2 is 2.21 bits per heavy atom. The number of amides is 1. The summed E-state index contributed by atoms with van der Waals surface area (Å²) >= 11 is 0. The number of nitro benzene ring substituents is 1. The van der Waals surface area contributed by atoms with Crippen molar-refractivity contribution in [3.05, 3.63) is 33.9 Å². The van der Waals surface area contributed by atoms with E-state index in [0.717, 1.165) is 0 Å². The Morgan fingerprint density at radius 1 is 1.53 bits per heavy atom. The third-order valence-electron chi connectivity index (χ3n) is 2.78. The summed E-state index contributed by atoms with van der Waals surface area (Å²) in [6.45, 7) is 0.127. The first-order valence-corrected chi connectivity index (χ1v) is 5.79. The molecule has 1 rings (SSSR count). The number of carbonyl (C=O) groups is 1. The fraction of sp³-hybridized carbons (Fsp3) is 0.417. The molecule has 0 radical (unpaired) electrons. The normalized spacial score (nSPS) is 10.1. The monoisotopic (exact) mass is 267 g/mol. The molecular weight excluding hydrogens is 250 g/mol. The van der Waals surface area contributed by atoms with Crippen LogP contribution < -0.4 is 10.2 Å². The first-order valence-electron chi connectivity index (χ1n) is 5.79. The van der Waals surface area contributed by atoms with E-state index in [-0.39, 0.29) is 24.6 Å². The molecule has 1 aromatic rings. The fourth-order valence-corrected chi connectivity index (χ4v) is 1.65. The molecule has 0 aliphatic rings. The number of nitro groups is 1. The van der Waals surface area contributed by atoms with Gasteiger partial charge in [0, 0.05) is 33.1 Å². The first-order chi connectivity index (χ1) is 8.99. The topological polar surface area (TPSA) is 95.7 Å². The second-order valence-corrected chi connectivity index (χ2v) is 4.08. The Morgan fingerprint density at radius 3 is 2.74 bits per heavy atom. The maximum absolute atomic E-state index is 11.2. The zero-order chi connectivity index (χ0) is 14.4. The summed E-state index contributed by atoms with van der Waals surface area (Å²) in [5.41, 5.74) is 0.826.